The minimum absolute atomic E-state index is 0.397. The van der Waals surface area contributed by atoms with Crippen molar-refractivity contribution in [1.82, 2.24) is 10.2 Å². The van der Waals surface area contributed by atoms with Gasteiger partial charge in [0, 0.05) is 29.7 Å². The summed E-state index contributed by atoms with van der Waals surface area (Å²) in [5.41, 5.74) is 6.25. The molecule has 104 valence electrons. The van der Waals surface area contributed by atoms with Crippen molar-refractivity contribution in [1.29, 1.82) is 0 Å². The van der Waals surface area contributed by atoms with E-state index in [1.54, 1.807) is 18.2 Å². The van der Waals surface area contributed by atoms with Crippen molar-refractivity contribution in [2.45, 2.75) is 12.5 Å². The molecule has 3 N–H and O–H groups in total. The summed E-state index contributed by atoms with van der Waals surface area (Å²) in [5.74, 6) is -0.397. The molecule has 0 spiro atoms. The number of nitrogens with two attached hydrogens (primary N) is 1. The highest BCUT2D eigenvalue weighted by Gasteiger charge is 2.28. The van der Waals surface area contributed by atoms with Crippen molar-refractivity contribution >= 4 is 29.1 Å². The molecule has 4 nitrogen and oxygen atoms in total. The summed E-state index contributed by atoms with van der Waals surface area (Å²) in [6, 6.07) is 4.60. The van der Waals surface area contributed by atoms with E-state index in [0.717, 1.165) is 32.6 Å². The molecule has 1 unspecified atom stereocenters. The van der Waals surface area contributed by atoms with E-state index in [9.17, 15) is 4.79 Å². The molecule has 19 heavy (non-hydrogen) atoms. The number of rotatable bonds is 3. The predicted octanol–water partition coefficient (Wildman–Crippen LogP) is 1.82. The van der Waals surface area contributed by atoms with Crippen molar-refractivity contribution in [3.8, 4) is 0 Å². The maximum absolute atomic E-state index is 11.8. The Labute approximate surface area is 122 Å². The van der Waals surface area contributed by atoms with Gasteiger partial charge in [-0.15, -0.1) is 0 Å². The Morgan fingerprint density at radius 3 is 2.84 bits per heavy atom. The highest BCUT2D eigenvalue weighted by Crippen LogP contribution is 2.30. The quantitative estimate of drug-likeness (QED) is 0.895. The lowest BCUT2D eigenvalue weighted by Gasteiger charge is -2.28. The number of carbonyl (C=O) groups is 1. The molecule has 0 aromatic heterocycles. The zero-order valence-electron chi connectivity index (χ0n) is 10.5. The minimum Gasteiger partial charge on any atom is -0.368 e. The van der Waals surface area contributed by atoms with Crippen LogP contribution in [0.25, 0.3) is 0 Å². The Morgan fingerprint density at radius 2 is 2.11 bits per heavy atom. The number of benzene rings is 1. The number of hydrogen-bond donors (Lipinski definition) is 2. The fraction of sp³-hybridized carbons (Fsp3) is 0.462. The smallest absolute Gasteiger partial charge is 0.239 e. The molecule has 1 fully saturated rings. The molecule has 1 aromatic rings. The molecule has 0 aliphatic carbocycles. The van der Waals surface area contributed by atoms with Crippen LogP contribution in [0.3, 0.4) is 0 Å². The number of halogens is 2. The lowest BCUT2D eigenvalue weighted by Crippen LogP contribution is -2.40. The van der Waals surface area contributed by atoms with Gasteiger partial charge in [0.25, 0.3) is 0 Å². The Balaban J connectivity index is 2.33. The number of carbonyl (C=O) groups excluding carboxylic acids is 1. The summed E-state index contributed by atoms with van der Waals surface area (Å²) in [6.07, 6.45) is 0.974. The topological polar surface area (TPSA) is 58.4 Å². The van der Waals surface area contributed by atoms with Crippen LogP contribution in [0, 0.1) is 0 Å². The third-order valence-corrected chi connectivity index (χ3v) is 3.84. The van der Waals surface area contributed by atoms with E-state index >= 15 is 0 Å². The van der Waals surface area contributed by atoms with Crippen molar-refractivity contribution in [3.05, 3.63) is 33.8 Å². The van der Waals surface area contributed by atoms with E-state index in [-0.39, 0.29) is 0 Å². The maximum Gasteiger partial charge on any atom is 0.239 e. The largest absolute Gasteiger partial charge is 0.368 e. The Morgan fingerprint density at radius 1 is 1.32 bits per heavy atom. The van der Waals surface area contributed by atoms with Crippen molar-refractivity contribution in [2.24, 2.45) is 5.73 Å². The minimum atomic E-state index is -0.522. The van der Waals surface area contributed by atoms with Crippen LogP contribution in [-0.2, 0) is 4.79 Å². The predicted molar refractivity (Wildman–Crippen MR) is 77.5 cm³/mol. The molecule has 1 amide bonds. The van der Waals surface area contributed by atoms with Crippen LogP contribution in [0.15, 0.2) is 18.2 Å². The van der Waals surface area contributed by atoms with E-state index < -0.39 is 11.9 Å². The first-order chi connectivity index (χ1) is 9.09. The number of nitrogens with zero attached hydrogens (tertiary/aromatic N) is 1. The van der Waals surface area contributed by atoms with Crippen molar-refractivity contribution < 1.29 is 4.79 Å². The third kappa shape index (κ3) is 3.60. The van der Waals surface area contributed by atoms with Gasteiger partial charge in [-0.2, -0.15) is 0 Å². The fourth-order valence-corrected chi connectivity index (χ4v) is 2.78. The number of amides is 1. The van der Waals surface area contributed by atoms with Gasteiger partial charge in [-0.05, 0) is 36.7 Å². The van der Waals surface area contributed by atoms with Gasteiger partial charge in [0.05, 0.1) is 0 Å². The summed E-state index contributed by atoms with van der Waals surface area (Å²) in [4.78, 5) is 13.9. The van der Waals surface area contributed by atoms with Gasteiger partial charge in [0.15, 0.2) is 0 Å². The van der Waals surface area contributed by atoms with E-state index in [2.05, 4.69) is 10.2 Å². The molecule has 6 heteroatoms. The second kappa shape index (κ2) is 6.57. The average Bonchev–Trinajstić information content (AvgIpc) is 2.62. The highest BCUT2D eigenvalue weighted by atomic mass is 35.5. The molecule has 1 heterocycles. The van der Waals surface area contributed by atoms with Crippen LogP contribution < -0.4 is 11.1 Å². The SMILES string of the molecule is NC(=O)C(c1cc(Cl)ccc1Cl)N1CCCNCC1. The molecule has 1 aromatic carbocycles. The summed E-state index contributed by atoms with van der Waals surface area (Å²) < 4.78 is 0. The van der Waals surface area contributed by atoms with E-state index in [1.165, 1.54) is 0 Å². The number of primary amides is 1. The second-order valence-electron chi connectivity index (χ2n) is 4.61. The van der Waals surface area contributed by atoms with Crippen molar-refractivity contribution in [3.63, 3.8) is 0 Å². The molecule has 0 bridgehead atoms. The summed E-state index contributed by atoms with van der Waals surface area (Å²) in [7, 11) is 0. The summed E-state index contributed by atoms with van der Waals surface area (Å²) in [5, 5.41) is 4.37. The zero-order valence-corrected chi connectivity index (χ0v) is 12.0. The monoisotopic (exact) mass is 301 g/mol. The molecular weight excluding hydrogens is 285 g/mol. The van der Waals surface area contributed by atoms with Gasteiger partial charge in [0.1, 0.15) is 6.04 Å². The van der Waals surface area contributed by atoms with Gasteiger partial charge in [-0.25, -0.2) is 0 Å². The first-order valence-electron chi connectivity index (χ1n) is 6.28. The van der Waals surface area contributed by atoms with E-state index in [0.29, 0.717) is 15.6 Å². The Hall–Kier alpha value is -0.810. The first kappa shape index (κ1) is 14.6. The summed E-state index contributed by atoms with van der Waals surface area (Å²) >= 11 is 12.2. The van der Waals surface area contributed by atoms with Crippen LogP contribution in [0.5, 0.6) is 0 Å². The van der Waals surface area contributed by atoms with Crippen LogP contribution >= 0.6 is 23.2 Å². The normalized spacial score (nSPS) is 18.8. The number of nitrogens with one attached hydrogen (secondary N) is 1. The molecular formula is C13H17Cl2N3O. The summed E-state index contributed by atoms with van der Waals surface area (Å²) in [6.45, 7) is 3.35. The molecule has 1 aliphatic rings. The van der Waals surface area contributed by atoms with E-state index in [1.807, 2.05) is 0 Å². The van der Waals surface area contributed by atoms with Gasteiger partial charge in [0.2, 0.25) is 5.91 Å². The number of hydrogen-bond acceptors (Lipinski definition) is 3. The molecule has 2 rings (SSSR count). The maximum atomic E-state index is 11.8. The lowest BCUT2D eigenvalue weighted by atomic mass is 10.0. The van der Waals surface area contributed by atoms with E-state index in [4.69, 9.17) is 28.9 Å². The molecule has 1 atom stereocenters. The second-order valence-corrected chi connectivity index (χ2v) is 5.45. The highest BCUT2D eigenvalue weighted by molar-refractivity contribution is 6.33. The zero-order chi connectivity index (χ0) is 13.8. The molecule has 0 saturated carbocycles. The van der Waals surface area contributed by atoms with Gasteiger partial charge in [-0.1, -0.05) is 23.2 Å². The average molecular weight is 302 g/mol. The molecule has 0 radical (unpaired) electrons. The van der Waals surface area contributed by atoms with Gasteiger partial charge in [-0.3, -0.25) is 9.69 Å². The Kier molecular flexibility index (Phi) is 5.05. The first-order valence-corrected chi connectivity index (χ1v) is 7.04. The van der Waals surface area contributed by atoms with Crippen LogP contribution in [0.4, 0.5) is 0 Å². The van der Waals surface area contributed by atoms with Crippen molar-refractivity contribution in [2.75, 3.05) is 26.2 Å². The van der Waals surface area contributed by atoms with Crippen LogP contribution in [0.1, 0.15) is 18.0 Å². The Bertz CT molecular complexity index is 459. The standard InChI is InChI=1S/C13H17Cl2N3O/c14-9-2-3-11(15)10(8-9)12(13(16)19)18-6-1-4-17-5-7-18/h2-3,8,12,17H,1,4-7H2,(H2,16,19). The third-order valence-electron chi connectivity index (χ3n) is 3.26. The van der Waals surface area contributed by atoms with Crippen LogP contribution in [0.2, 0.25) is 10.0 Å². The molecule has 1 saturated heterocycles. The lowest BCUT2D eigenvalue weighted by molar-refractivity contribution is -0.123. The van der Waals surface area contributed by atoms with Gasteiger partial charge < -0.3 is 11.1 Å². The van der Waals surface area contributed by atoms with Crippen LogP contribution in [-0.4, -0.2) is 37.0 Å². The molecule has 1 aliphatic heterocycles. The fourth-order valence-electron chi connectivity index (χ4n) is 2.38. The van der Waals surface area contributed by atoms with Gasteiger partial charge >= 0.3 is 0 Å².